The largest absolute Gasteiger partial charge is 0.550 e. The molecule has 0 aliphatic carbocycles. The number of carboxylic acid groups (broad SMARTS) is 1. The van der Waals surface area contributed by atoms with E-state index in [1.54, 1.807) is 0 Å². The second kappa shape index (κ2) is 4.88. The molecule has 2 atom stereocenters. The maximum atomic E-state index is 11.3. The fourth-order valence-electron chi connectivity index (χ4n) is 2.73. The number of aryl methyl sites for hydroxylation is 1. The molecule has 92 valence electrons. The zero-order chi connectivity index (χ0) is 12.4. The van der Waals surface area contributed by atoms with Gasteiger partial charge in [-0.15, -0.1) is 0 Å². The first kappa shape index (κ1) is 12.1. The zero-order valence-corrected chi connectivity index (χ0v) is 10.3. The van der Waals surface area contributed by atoms with E-state index in [1.807, 2.05) is 38.2 Å². The maximum Gasteiger partial charge on any atom is 0.0464 e. The van der Waals surface area contributed by atoms with Crippen molar-refractivity contribution in [3.05, 3.63) is 35.4 Å². The number of likely N-dealkylation sites (tertiary alicyclic amines) is 1. The summed E-state index contributed by atoms with van der Waals surface area (Å²) in [6, 6.07) is 8.05. The number of carbonyl (C=O) groups is 1. The lowest BCUT2D eigenvalue weighted by molar-refractivity contribution is -0.313. The summed E-state index contributed by atoms with van der Waals surface area (Å²) in [7, 11) is 1.96. The molecule has 1 fully saturated rings. The van der Waals surface area contributed by atoms with E-state index in [-0.39, 0.29) is 5.92 Å². The Morgan fingerprint density at radius 2 is 2.12 bits per heavy atom. The molecule has 1 aromatic rings. The van der Waals surface area contributed by atoms with Crippen molar-refractivity contribution in [3.8, 4) is 0 Å². The van der Waals surface area contributed by atoms with Gasteiger partial charge >= 0.3 is 0 Å². The van der Waals surface area contributed by atoms with Gasteiger partial charge in [0.05, 0.1) is 0 Å². The lowest BCUT2D eigenvalue weighted by atomic mass is 9.79. The number of nitrogens with zero attached hydrogens (tertiary/aromatic N) is 1. The molecule has 1 heterocycles. The lowest BCUT2D eigenvalue weighted by Crippen LogP contribution is -2.46. The zero-order valence-electron chi connectivity index (χ0n) is 10.3. The Morgan fingerprint density at radius 3 is 2.76 bits per heavy atom. The maximum absolute atomic E-state index is 11.3. The van der Waals surface area contributed by atoms with Crippen molar-refractivity contribution < 1.29 is 9.90 Å². The van der Waals surface area contributed by atoms with E-state index in [4.69, 9.17) is 0 Å². The van der Waals surface area contributed by atoms with Gasteiger partial charge in [-0.05, 0) is 44.0 Å². The molecule has 0 N–H and O–H groups in total. The quantitative estimate of drug-likeness (QED) is 0.757. The summed E-state index contributed by atoms with van der Waals surface area (Å²) >= 11 is 0. The Bertz CT molecular complexity index is 416. The van der Waals surface area contributed by atoms with E-state index in [0.717, 1.165) is 18.5 Å². The highest BCUT2D eigenvalue weighted by Crippen LogP contribution is 2.33. The van der Waals surface area contributed by atoms with Crippen molar-refractivity contribution in [1.29, 1.82) is 0 Å². The Kier molecular flexibility index (Phi) is 3.48. The van der Waals surface area contributed by atoms with Crippen molar-refractivity contribution in [2.24, 2.45) is 5.92 Å². The molecule has 2 rings (SSSR count). The standard InChI is InChI=1S/C14H19NO2/c1-10-5-3-4-6-11(10)12-7-8-15(2)9-13(12)14(16)17/h3-6,12-13H,7-9H2,1-2H3,(H,16,17)/p-1. The van der Waals surface area contributed by atoms with Gasteiger partial charge in [-0.1, -0.05) is 24.3 Å². The number of hydrogen-bond donors (Lipinski definition) is 0. The summed E-state index contributed by atoms with van der Waals surface area (Å²) in [6.07, 6.45) is 0.889. The Balaban J connectivity index is 2.30. The molecule has 3 heteroatoms. The van der Waals surface area contributed by atoms with Gasteiger partial charge in [0.2, 0.25) is 0 Å². The van der Waals surface area contributed by atoms with E-state index in [2.05, 4.69) is 4.90 Å². The van der Waals surface area contributed by atoms with Crippen LogP contribution in [0.3, 0.4) is 0 Å². The van der Waals surface area contributed by atoms with Crippen molar-refractivity contribution in [1.82, 2.24) is 4.90 Å². The molecular weight excluding hydrogens is 214 g/mol. The van der Waals surface area contributed by atoms with Gasteiger partial charge in [0.15, 0.2) is 0 Å². The minimum absolute atomic E-state index is 0.0948. The highest BCUT2D eigenvalue weighted by atomic mass is 16.4. The molecule has 0 radical (unpaired) electrons. The van der Waals surface area contributed by atoms with Crippen LogP contribution >= 0.6 is 0 Å². The average Bonchev–Trinajstić information content (AvgIpc) is 2.30. The van der Waals surface area contributed by atoms with Gasteiger partial charge < -0.3 is 14.8 Å². The third kappa shape index (κ3) is 2.50. The molecule has 3 nitrogen and oxygen atoms in total. The van der Waals surface area contributed by atoms with Crippen LogP contribution in [0.5, 0.6) is 0 Å². The first-order valence-electron chi connectivity index (χ1n) is 6.04. The van der Waals surface area contributed by atoms with Crippen LogP contribution in [0.2, 0.25) is 0 Å². The molecule has 0 spiro atoms. The van der Waals surface area contributed by atoms with Crippen molar-refractivity contribution >= 4 is 5.97 Å². The van der Waals surface area contributed by atoms with Crippen LogP contribution < -0.4 is 5.11 Å². The molecule has 17 heavy (non-hydrogen) atoms. The van der Waals surface area contributed by atoms with Gasteiger partial charge in [-0.25, -0.2) is 0 Å². The Hall–Kier alpha value is -1.35. The monoisotopic (exact) mass is 232 g/mol. The molecule has 0 bridgehead atoms. The highest BCUT2D eigenvalue weighted by Gasteiger charge is 2.30. The van der Waals surface area contributed by atoms with Crippen LogP contribution in [0.1, 0.15) is 23.5 Å². The van der Waals surface area contributed by atoms with E-state index in [1.165, 1.54) is 5.56 Å². The topological polar surface area (TPSA) is 43.4 Å². The van der Waals surface area contributed by atoms with Crippen LogP contribution in [0.25, 0.3) is 0 Å². The molecule has 0 amide bonds. The summed E-state index contributed by atoms with van der Waals surface area (Å²) < 4.78 is 0. The van der Waals surface area contributed by atoms with E-state index in [0.29, 0.717) is 6.54 Å². The van der Waals surface area contributed by atoms with Crippen molar-refractivity contribution in [2.45, 2.75) is 19.3 Å². The predicted molar refractivity (Wildman–Crippen MR) is 64.5 cm³/mol. The number of hydrogen-bond acceptors (Lipinski definition) is 3. The molecule has 0 saturated carbocycles. The molecule has 1 aromatic carbocycles. The van der Waals surface area contributed by atoms with Gasteiger partial charge in [0, 0.05) is 18.4 Å². The number of carbonyl (C=O) groups excluding carboxylic acids is 1. The summed E-state index contributed by atoms with van der Waals surface area (Å²) in [6.45, 7) is 3.57. The van der Waals surface area contributed by atoms with Gasteiger partial charge in [0.25, 0.3) is 0 Å². The first-order valence-corrected chi connectivity index (χ1v) is 6.04. The lowest BCUT2D eigenvalue weighted by Gasteiger charge is -2.38. The number of aliphatic carboxylic acids is 1. The van der Waals surface area contributed by atoms with E-state index < -0.39 is 11.9 Å². The van der Waals surface area contributed by atoms with Gasteiger partial charge in [-0.3, -0.25) is 0 Å². The number of carboxylic acids is 1. The Labute approximate surface area is 102 Å². The van der Waals surface area contributed by atoms with E-state index >= 15 is 0 Å². The van der Waals surface area contributed by atoms with Crippen LogP contribution in [0.4, 0.5) is 0 Å². The Morgan fingerprint density at radius 1 is 1.41 bits per heavy atom. The number of rotatable bonds is 2. The molecule has 2 unspecified atom stereocenters. The normalized spacial score (nSPS) is 25.8. The molecule has 0 aromatic heterocycles. The summed E-state index contributed by atoms with van der Waals surface area (Å²) in [5, 5.41) is 11.3. The molecule has 1 aliphatic rings. The first-order chi connectivity index (χ1) is 8.09. The van der Waals surface area contributed by atoms with Crippen molar-refractivity contribution in [3.63, 3.8) is 0 Å². The minimum atomic E-state index is -0.926. The van der Waals surface area contributed by atoms with Gasteiger partial charge in [0.1, 0.15) is 0 Å². The summed E-state index contributed by atoms with van der Waals surface area (Å²) in [5.74, 6) is -1.22. The number of piperidine rings is 1. The second-order valence-electron chi connectivity index (χ2n) is 4.94. The van der Waals surface area contributed by atoms with Crippen LogP contribution in [0.15, 0.2) is 24.3 Å². The second-order valence-corrected chi connectivity index (χ2v) is 4.94. The van der Waals surface area contributed by atoms with Crippen LogP contribution in [-0.2, 0) is 4.79 Å². The fourth-order valence-corrected chi connectivity index (χ4v) is 2.73. The average molecular weight is 232 g/mol. The third-order valence-corrected chi connectivity index (χ3v) is 3.71. The van der Waals surface area contributed by atoms with Crippen LogP contribution in [-0.4, -0.2) is 31.0 Å². The van der Waals surface area contributed by atoms with Crippen LogP contribution in [0, 0.1) is 12.8 Å². The van der Waals surface area contributed by atoms with E-state index in [9.17, 15) is 9.90 Å². The smallest absolute Gasteiger partial charge is 0.0464 e. The third-order valence-electron chi connectivity index (χ3n) is 3.71. The highest BCUT2D eigenvalue weighted by molar-refractivity contribution is 5.70. The predicted octanol–water partition coefficient (Wildman–Crippen LogP) is 0.780. The fraction of sp³-hybridized carbons (Fsp3) is 0.500. The van der Waals surface area contributed by atoms with Gasteiger partial charge in [-0.2, -0.15) is 0 Å². The number of benzene rings is 1. The SMILES string of the molecule is Cc1ccccc1C1CCN(C)CC1C(=O)[O-]. The minimum Gasteiger partial charge on any atom is -0.550 e. The molecule has 1 saturated heterocycles. The van der Waals surface area contributed by atoms with Crippen molar-refractivity contribution in [2.75, 3.05) is 20.1 Å². The molecular formula is C14H18NO2-. The summed E-state index contributed by atoms with van der Waals surface area (Å²) in [5.41, 5.74) is 2.34. The summed E-state index contributed by atoms with van der Waals surface area (Å²) in [4.78, 5) is 13.3. The molecule has 1 aliphatic heterocycles.